The Labute approximate surface area is 111 Å². The molecule has 0 fully saturated rings. The second-order valence-corrected chi connectivity index (χ2v) is 4.19. The molecule has 0 bridgehead atoms. The van der Waals surface area contributed by atoms with Crippen molar-refractivity contribution in [3.05, 3.63) is 17.7 Å². The zero-order chi connectivity index (χ0) is 14.0. The van der Waals surface area contributed by atoms with Crippen molar-refractivity contribution >= 4 is 11.6 Å². The molecule has 0 saturated heterocycles. The predicted octanol–water partition coefficient (Wildman–Crippen LogP) is 0.935. The second-order valence-electron chi connectivity index (χ2n) is 4.19. The first-order valence-corrected chi connectivity index (χ1v) is 5.85. The highest BCUT2D eigenvalue weighted by atomic mass is 16.5. The number of amides is 1. The third kappa shape index (κ3) is 2.23. The molecule has 0 aromatic heterocycles. The Morgan fingerprint density at radius 3 is 2.89 bits per heavy atom. The number of anilines is 1. The number of rotatable bonds is 3. The van der Waals surface area contributed by atoms with Crippen LogP contribution in [0.25, 0.3) is 0 Å². The van der Waals surface area contributed by atoms with E-state index in [0.717, 1.165) is 0 Å². The molecule has 0 saturated carbocycles. The van der Waals surface area contributed by atoms with Crippen molar-refractivity contribution in [3.8, 4) is 23.8 Å². The summed E-state index contributed by atoms with van der Waals surface area (Å²) in [5, 5.41) is 9.25. The smallest absolute Gasteiger partial charge is 0.268 e. The number of terminal acetylenes is 1. The largest absolute Gasteiger partial charge is 0.493 e. The summed E-state index contributed by atoms with van der Waals surface area (Å²) in [6, 6.07) is 3.36. The van der Waals surface area contributed by atoms with E-state index >= 15 is 0 Å². The number of nitrogens with zero attached hydrogens (tertiary/aromatic N) is 1. The molecule has 0 aliphatic carbocycles. The molecule has 1 heterocycles. The van der Waals surface area contributed by atoms with Gasteiger partial charge in [0.05, 0.1) is 25.9 Å². The van der Waals surface area contributed by atoms with Gasteiger partial charge in [0.1, 0.15) is 0 Å². The number of fused-ring (bicyclic) bond motifs is 1. The number of hydrogen-bond acceptors (Lipinski definition) is 4. The molecule has 5 heteroatoms. The molecule has 0 radical (unpaired) electrons. The van der Waals surface area contributed by atoms with Gasteiger partial charge < -0.3 is 14.6 Å². The van der Waals surface area contributed by atoms with Crippen molar-refractivity contribution in [2.45, 2.75) is 19.6 Å². The van der Waals surface area contributed by atoms with Crippen LogP contribution in [-0.2, 0) is 11.4 Å². The van der Waals surface area contributed by atoms with Crippen molar-refractivity contribution in [1.82, 2.24) is 0 Å². The van der Waals surface area contributed by atoms with Crippen LogP contribution in [-0.4, -0.2) is 30.8 Å². The van der Waals surface area contributed by atoms with Crippen LogP contribution in [0, 0.1) is 12.3 Å². The van der Waals surface area contributed by atoms with Gasteiger partial charge in [-0.25, -0.2) is 0 Å². The average Bonchev–Trinajstić information content (AvgIpc) is 2.43. The molecular weight excluding hydrogens is 246 g/mol. The highest BCUT2D eigenvalue weighted by molar-refractivity contribution is 6.01. The molecule has 1 unspecified atom stereocenters. The summed E-state index contributed by atoms with van der Waals surface area (Å²) in [6.45, 7) is 1.66. The van der Waals surface area contributed by atoms with Gasteiger partial charge >= 0.3 is 0 Å². The van der Waals surface area contributed by atoms with Gasteiger partial charge in [-0.05, 0) is 24.6 Å². The van der Waals surface area contributed by atoms with Crippen LogP contribution in [0.5, 0.6) is 11.5 Å². The molecule has 1 amide bonds. The van der Waals surface area contributed by atoms with Crippen molar-refractivity contribution in [2.75, 3.05) is 18.6 Å². The third-order valence-corrected chi connectivity index (χ3v) is 2.95. The highest BCUT2D eigenvalue weighted by Gasteiger charge is 2.33. The lowest BCUT2D eigenvalue weighted by molar-refractivity contribution is -0.125. The van der Waals surface area contributed by atoms with E-state index in [9.17, 15) is 9.90 Å². The Hall–Kier alpha value is -2.19. The first-order chi connectivity index (χ1) is 9.12. The SMILES string of the molecule is C#CCN1C(=O)C(C)Oc2c(OC)cc(CO)cc21. The zero-order valence-electron chi connectivity index (χ0n) is 10.8. The average molecular weight is 261 g/mol. The van der Waals surface area contributed by atoms with E-state index in [1.54, 1.807) is 19.1 Å². The number of carbonyl (C=O) groups excluding carboxylic acids is 1. The maximum absolute atomic E-state index is 12.1. The number of aliphatic hydroxyl groups is 1. The lowest BCUT2D eigenvalue weighted by Crippen LogP contribution is -2.44. The number of aliphatic hydroxyl groups excluding tert-OH is 1. The number of carbonyl (C=O) groups is 1. The van der Waals surface area contributed by atoms with E-state index in [-0.39, 0.29) is 19.1 Å². The van der Waals surface area contributed by atoms with Crippen molar-refractivity contribution < 1.29 is 19.4 Å². The fraction of sp³-hybridized carbons (Fsp3) is 0.357. The van der Waals surface area contributed by atoms with Crippen molar-refractivity contribution in [2.24, 2.45) is 0 Å². The van der Waals surface area contributed by atoms with E-state index in [0.29, 0.717) is 22.7 Å². The van der Waals surface area contributed by atoms with E-state index < -0.39 is 6.10 Å². The summed E-state index contributed by atoms with van der Waals surface area (Å²) < 4.78 is 10.8. The molecule has 2 rings (SSSR count). The number of methoxy groups -OCH3 is 1. The number of ether oxygens (including phenoxy) is 2. The summed E-state index contributed by atoms with van der Waals surface area (Å²) in [4.78, 5) is 13.5. The van der Waals surface area contributed by atoms with E-state index in [1.165, 1.54) is 12.0 Å². The first-order valence-electron chi connectivity index (χ1n) is 5.85. The van der Waals surface area contributed by atoms with E-state index in [2.05, 4.69) is 5.92 Å². The van der Waals surface area contributed by atoms with Crippen LogP contribution >= 0.6 is 0 Å². The Morgan fingerprint density at radius 2 is 2.32 bits per heavy atom. The van der Waals surface area contributed by atoms with Gasteiger partial charge in [0.15, 0.2) is 17.6 Å². The molecule has 1 atom stereocenters. The lowest BCUT2D eigenvalue weighted by atomic mass is 10.1. The highest BCUT2D eigenvalue weighted by Crippen LogP contribution is 2.42. The molecule has 1 aromatic carbocycles. The molecule has 0 spiro atoms. The minimum absolute atomic E-state index is 0.150. The molecular formula is C14H15NO4. The molecule has 5 nitrogen and oxygen atoms in total. The van der Waals surface area contributed by atoms with Crippen LogP contribution < -0.4 is 14.4 Å². The maximum Gasteiger partial charge on any atom is 0.268 e. The molecule has 1 aliphatic rings. The zero-order valence-corrected chi connectivity index (χ0v) is 10.8. The third-order valence-electron chi connectivity index (χ3n) is 2.95. The Morgan fingerprint density at radius 1 is 1.58 bits per heavy atom. The molecule has 19 heavy (non-hydrogen) atoms. The normalized spacial score (nSPS) is 17.5. The monoisotopic (exact) mass is 261 g/mol. The summed E-state index contributed by atoms with van der Waals surface area (Å²) in [6.07, 6.45) is 4.68. The molecule has 1 aromatic rings. The second kappa shape index (κ2) is 5.21. The topological polar surface area (TPSA) is 59.0 Å². The van der Waals surface area contributed by atoms with Gasteiger partial charge in [0.25, 0.3) is 5.91 Å². The van der Waals surface area contributed by atoms with E-state index in [1.807, 2.05) is 0 Å². The molecule has 1 aliphatic heterocycles. The van der Waals surface area contributed by atoms with Crippen LogP contribution in [0.4, 0.5) is 5.69 Å². The standard InChI is InChI=1S/C14H15NO4/c1-4-5-15-11-6-10(8-16)7-12(18-3)13(11)19-9(2)14(15)17/h1,6-7,9,16H,5,8H2,2-3H3. The van der Waals surface area contributed by atoms with Gasteiger partial charge in [-0.1, -0.05) is 5.92 Å². The summed E-state index contributed by atoms with van der Waals surface area (Å²) in [7, 11) is 1.51. The number of hydrogen-bond donors (Lipinski definition) is 1. The van der Waals surface area contributed by atoms with Gasteiger partial charge in [0.2, 0.25) is 0 Å². The Kier molecular flexibility index (Phi) is 3.63. The minimum atomic E-state index is -0.616. The minimum Gasteiger partial charge on any atom is -0.493 e. The van der Waals surface area contributed by atoms with Crippen LogP contribution in [0.2, 0.25) is 0 Å². The van der Waals surface area contributed by atoms with Gasteiger partial charge in [0, 0.05) is 0 Å². The van der Waals surface area contributed by atoms with E-state index in [4.69, 9.17) is 15.9 Å². The summed E-state index contributed by atoms with van der Waals surface area (Å²) >= 11 is 0. The first kappa shape index (κ1) is 13.2. The predicted molar refractivity (Wildman–Crippen MR) is 70.2 cm³/mol. The van der Waals surface area contributed by atoms with Gasteiger partial charge in [-0.3, -0.25) is 9.69 Å². The van der Waals surface area contributed by atoms with Crippen molar-refractivity contribution in [1.29, 1.82) is 0 Å². The number of benzene rings is 1. The fourth-order valence-electron chi connectivity index (χ4n) is 2.02. The lowest BCUT2D eigenvalue weighted by Gasteiger charge is -2.33. The van der Waals surface area contributed by atoms with Crippen LogP contribution in [0.1, 0.15) is 12.5 Å². The fourth-order valence-corrected chi connectivity index (χ4v) is 2.02. The van der Waals surface area contributed by atoms with Gasteiger partial charge in [-0.15, -0.1) is 6.42 Å². The summed E-state index contributed by atoms with van der Waals surface area (Å²) in [5.41, 5.74) is 1.16. The van der Waals surface area contributed by atoms with Gasteiger partial charge in [-0.2, -0.15) is 0 Å². The van der Waals surface area contributed by atoms with Crippen LogP contribution in [0.3, 0.4) is 0 Å². The molecule has 100 valence electrons. The van der Waals surface area contributed by atoms with Crippen molar-refractivity contribution in [3.63, 3.8) is 0 Å². The summed E-state index contributed by atoms with van der Waals surface area (Å²) in [5.74, 6) is 3.19. The Balaban J connectivity index is 2.60. The Bertz CT molecular complexity index is 547. The quantitative estimate of drug-likeness (QED) is 0.822. The molecule has 1 N–H and O–H groups in total. The maximum atomic E-state index is 12.1. The van der Waals surface area contributed by atoms with Crippen LogP contribution in [0.15, 0.2) is 12.1 Å².